The fourth-order valence-electron chi connectivity index (χ4n) is 2.24. The third-order valence-electron chi connectivity index (χ3n) is 4.21. The van der Waals surface area contributed by atoms with Gasteiger partial charge >= 0.3 is 5.97 Å². The molecule has 23 heavy (non-hydrogen) atoms. The van der Waals surface area contributed by atoms with Crippen molar-refractivity contribution in [2.24, 2.45) is 16.7 Å². The Morgan fingerprint density at radius 2 is 1.57 bits per heavy atom. The quantitative estimate of drug-likeness (QED) is 0.304. The van der Waals surface area contributed by atoms with Crippen molar-refractivity contribution in [3.05, 3.63) is 25.6 Å². The van der Waals surface area contributed by atoms with Gasteiger partial charge in [-0.15, -0.1) is 0 Å². The van der Waals surface area contributed by atoms with Crippen molar-refractivity contribution in [3.63, 3.8) is 0 Å². The minimum Gasteiger partial charge on any atom is -0.424 e. The van der Waals surface area contributed by atoms with Crippen LogP contribution in [0.25, 0.3) is 0 Å². The first-order valence-electron chi connectivity index (χ1n) is 7.73. The van der Waals surface area contributed by atoms with Crippen molar-refractivity contribution in [1.29, 1.82) is 0 Å². The third-order valence-corrected chi connectivity index (χ3v) is 5.85. The molecule has 0 fully saturated rings. The topological polar surface area (TPSA) is 26.3 Å². The number of carbonyl (C=O) groups is 1. The Kier molecular flexibility index (Phi) is 7.37. The highest BCUT2D eigenvalue weighted by Crippen LogP contribution is 2.41. The maximum absolute atomic E-state index is 12.9. The normalized spacial score (nSPS) is 13.8. The Morgan fingerprint density at radius 1 is 1.09 bits per heavy atom. The fraction of sp³-hybridized carbons (Fsp3) is 0.611. The lowest BCUT2D eigenvalue weighted by Crippen LogP contribution is -2.35. The predicted octanol–water partition coefficient (Wildman–Crippen LogP) is 7.37. The molecule has 1 atom stereocenters. The molecule has 0 saturated heterocycles. The highest BCUT2D eigenvalue weighted by molar-refractivity contribution is 9.11. The van der Waals surface area contributed by atoms with E-state index in [4.69, 9.17) is 4.74 Å². The van der Waals surface area contributed by atoms with Crippen LogP contribution >= 0.6 is 47.8 Å². The molecule has 0 aliphatic rings. The van der Waals surface area contributed by atoms with Gasteiger partial charge in [-0.3, -0.25) is 4.79 Å². The van der Waals surface area contributed by atoms with Crippen LogP contribution in [-0.2, 0) is 4.79 Å². The first-order chi connectivity index (χ1) is 10.4. The second-order valence-electron chi connectivity index (χ2n) is 7.76. The third kappa shape index (κ3) is 6.17. The monoisotopic (exact) mass is 510 g/mol. The van der Waals surface area contributed by atoms with Gasteiger partial charge in [-0.25, -0.2) is 0 Å². The van der Waals surface area contributed by atoms with Gasteiger partial charge in [0.2, 0.25) is 0 Å². The molecule has 0 amide bonds. The number of rotatable bonds is 5. The first-order valence-corrected chi connectivity index (χ1v) is 10.1. The number of hydrogen-bond donors (Lipinski definition) is 0. The van der Waals surface area contributed by atoms with Crippen molar-refractivity contribution in [2.45, 2.75) is 54.4 Å². The average molecular weight is 513 g/mol. The van der Waals surface area contributed by atoms with E-state index in [-0.39, 0.29) is 22.7 Å². The van der Waals surface area contributed by atoms with Crippen LogP contribution in [0, 0.1) is 16.7 Å². The zero-order valence-electron chi connectivity index (χ0n) is 14.6. The maximum Gasteiger partial charge on any atom is 0.314 e. The molecule has 0 saturated carbocycles. The summed E-state index contributed by atoms with van der Waals surface area (Å²) in [6.07, 6.45) is 1.83. The lowest BCUT2D eigenvalue weighted by molar-refractivity contribution is -0.144. The summed E-state index contributed by atoms with van der Waals surface area (Å²) in [7, 11) is 0. The summed E-state index contributed by atoms with van der Waals surface area (Å²) >= 11 is 10.4. The minimum absolute atomic E-state index is 0.102. The van der Waals surface area contributed by atoms with E-state index < -0.39 is 0 Å². The van der Waals surface area contributed by atoms with Gasteiger partial charge in [0.1, 0.15) is 0 Å². The highest BCUT2D eigenvalue weighted by Gasteiger charge is 2.37. The summed E-state index contributed by atoms with van der Waals surface area (Å²) in [5, 5.41) is 0. The summed E-state index contributed by atoms with van der Waals surface area (Å²) in [6, 6.07) is 3.74. The van der Waals surface area contributed by atoms with Crippen molar-refractivity contribution >= 4 is 53.8 Å². The van der Waals surface area contributed by atoms with Gasteiger partial charge in [0, 0.05) is 4.47 Å². The predicted molar refractivity (Wildman–Crippen MR) is 107 cm³/mol. The van der Waals surface area contributed by atoms with Crippen molar-refractivity contribution in [1.82, 2.24) is 0 Å². The summed E-state index contributed by atoms with van der Waals surface area (Å²) < 4.78 is 8.16. The van der Waals surface area contributed by atoms with Crippen LogP contribution in [0.5, 0.6) is 5.75 Å². The molecule has 0 N–H and O–H groups in total. The summed E-state index contributed by atoms with van der Waals surface area (Å²) in [4.78, 5) is 12.9. The molecule has 0 radical (unpaired) electrons. The Balaban J connectivity index is 3.08. The van der Waals surface area contributed by atoms with Crippen LogP contribution < -0.4 is 4.74 Å². The standard InChI is InChI=1S/C18H25Br3O2/c1-7-18(5,6)10-12(17(2,3)4)16(22)23-15-13(20)8-11(19)9-14(15)21/h8-9,12H,7,10H2,1-6H3. The molecule has 130 valence electrons. The van der Waals surface area contributed by atoms with E-state index in [2.05, 4.69) is 89.3 Å². The number of carbonyl (C=O) groups excluding carboxylic acids is 1. The van der Waals surface area contributed by atoms with Crippen molar-refractivity contribution in [3.8, 4) is 5.75 Å². The number of halogens is 3. The molecule has 0 aliphatic carbocycles. The number of benzene rings is 1. The van der Waals surface area contributed by atoms with Gasteiger partial charge < -0.3 is 4.74 Å². The Hall–Kier alpha value is 0.130. The van der Waals surface area contributed by atoms with Crippen molar-refractivity contribution in [2.75, 3.05) is 0 Å². The van der Waals surface area contributed by atoms with Crippen LogP contribution in [0.1, 0.15) is 54.4 Å². The Labute approximate surface area is 165 Å². The highest BCUT2D eigenvalue weighted by atomic mass is 79.9. The van der Waals surface area contributed by atoms with Crippen LogP contribution in [-0.4, -0.2) is 5.97 Å². The smallest absolute Gasteiger partial charge is 0.314 e. The summed E-state index contributed by atoms with van der Waals surface area (Å²) in [5.41, 5.74) is -0.0526. The molecule has 2 nitrogen and oxygen atoms in total. The molecule has 1 unspecified atom stereocenters. The average Bonchev–Trinajstić information content (AvgIpc) is 2.38. The van der Waals surface area contributed by atoms with E-state index in [1.165, 1.54) is 0 Å². The van der Waals surface area contributed by atoms with Gasteiger partial charge in [-0.1, -0.05) is 63.9 Å². The van der Waals surface area contributed by atoms with Crippen LogP contribution in [0.2, 0.25) is 0 Å². The van der Waals surface area contributed by atoms with Crippen LogP contribution in [0.4, 0.5) is 0 Å². The molecular weight excluding hydrogens is 488 g/mol. The zero-order valence-corrected chi connectivity index (χ0v) is 19.4. The van der Waals surface area contributed by atoms with E-state index in [0.717, 1.165) is 26.3 Å². The van der Waals surface area contributed by atoms with Gasteiger partial charge in [-0.05, 0) is 61.2 Å². The number of ether oxygens (including phenoxy) is 1. The van der Waals surface area contributed by atoms with Crippen LogP contribution in [0.15, 0.2) is 25.6 Å². The molecule has 0 bridgehead atoms. The van der Waals surface area contributed by atoms with Gasteiger partial charge in [0.15, 0.2) is 5.75 Å². The van der Waals surface area contributed by atoms with E-state index in [9.17, 15) is 4.79 Å². The summed E-state index contributed by atoms with van der Waals surface area (Å²) in [6.45, 7) is 12.8. The zero-order chi connectivity index (χ0) is 18.0. The van der Waals surface area contributed by atoms with Crippen LogP contribution in [0.3, 0.4) is 0 Å². The summed E-state index contributed by atoms with van der Waals surface area (Å²) in [5.74, 6) is 0.185. The number of hydrogen-bond acceptors (Lipinski definition) is 2. The van der Waals surface area contributed by atoms with E-state index in [1.54, 1.807) is 0 Å². The fourth-order valence-corrected chi connectivity index (χ4v) is 4.66. The molecular formula is C18H25Br3O2. The van der Waals surface area contributed by atoms with Gasteiger partial charge in [0.25, 0.3) is 0 Å². The lowest BCUT2D eigenvalue weighted by atomic mass is 9.70. The lowest BCUT2D eigenvalue weighted by Gasteiger charge is -2.35. The SMILES string of the molecule is CCC(C)(C)CC(C(=O)Oc1c(Br)cc(Br)cc1Br)C(C)(C)C. The molecule has 0 aliphatic heterocycles. The molecule has 1 rings (SSSR count). The van der Waals surface area contributed by atoms with Gasteiger partial charge in [-0.2, -0.15) is 0 Å². The van der Waals surface area contributed by atoms with E-state index in [1.807, 2.05) is 12.1 Å². The molecule has 1 aromatic rings. The van der Waals surface area contributed by atoms with E-state index >= 15 is 0 Å². The molecule has 0 aromatic heterocycles. The number of esters is 1. The molecule has 1 aromatic carbocycles. The minimum atomic E-state index is -0.178. The second-order valence-corrected chi connectivity index (χ2v) is 10.4. The first kappa shape index (κ1) is 21.2. The molecule has 0 heterocycles. The Bertz CT molecular complexity index is 551. The largest absolute Gasteiger partial charge is 0.424 e. The molecule has 0 spiro atoms. The van der Waals surface area contributed by atoms with Crippen molar-refractivity contribution < 1.29 is 9.53 Å². The Morgan fingerprint density at radius 3 is 1.96 bits per heavy atom. The van der Waals surface area contributed by atoms with E-state index in [0.29, 0.717) is 5.75 Å². The second kappa shape index (κ2) is 8.01. The molecule has 5 heteroatoms. The van der Waals surface area contributed by atoms with Gasteiger partial charge in [0.05, 0.1) is 14.9 Å². The maximum atomic E-state index is 12.9.